The second-order valence-corrected chi connectivity index (χ2v) is 10.4. The van der Waals surface area contributed by atoms with E-state index < -0.39 is 11.6 Å². The highest BCUT2D eigenvalue weighted by molar-refractivity contribution is 5.77. The van der Waals surface area contributed by atoms with Crippen molar-refractivity contribution >= 4 is 11.0 Å². The van der Waals surface area contributed by atoms with Gasteiger partial charge in [0.15, 0.2) is 0 Å². The molecule has 2 fully saturated rings. The van der Waals surface area contributed by atoms with Crippen molar-refractivity contribution in [1.29, 1.82) is 0 Å². The summed E-state index contributed by atoms with van der Waals surface area (Å²) < 4.78 is 41.3. The molecule has 2 aromatic carbocycles. The first kappa shape index (κ1) is 24.9. The highest BCUT2D eigenvalue weighted by Gasteiger charge is 2.27. The lowest BCUT2D eigenvalue weighted by molar-refractivity contribution is -0.0592. The number of ether oxygens (including phenoxy) is 2. The molecular formula is C30H32F2N4O2. The number of piperidine rings is 1. The first-order chi connectivity index (χ1) is 18.5. The first-order valence-electron chi connectivity index (χ1n) is 13.3. The molecule has 2 saturated heterocycles. The maximum atomic E-state index is 14.1. The standard InChI is InChI=1S/C30H32F2N4O2/c1-20-4-7-27-28(15-20)36(17-24-10-14-37-24)29(34-27)18-35-12-8-21(9-13-35)25-3-2-11-33-30(25)38-19-22-5-6-23(31)16-26(22)32/h2-7,11,15-16,21,24H,8-10,12-14,17-19H2,1H3/t24-/m0/s1. The van der Waals surface area contributed by atoms with Crippen LogP contribution >= 0.6 is 0 Å². The Hall–Kier alpha value is -3.36. The van der Waals surface area contributed by atoms with Crippen LogP contribution in [0.3, 0.4) is 0 Å². The molecule has 2 aliphatic rings. The molecule has 198 valence electrons. The number of halogens is 2. The summed E-state index contributed by atoms with van der Waals surface area (Å²) in [5, 5.41) is 0. The zero-order chi connectivity index (χ0) is 26.1. The van der Waals surface area contributed by atoms with E-state index in [9.17, 15) is 8.78 Å². The molecule has 6 nitrogen and oxygen atoms in total. The molecule has 4 aromatic rings. The Morgan fingerprint density at radius 2 is 1.89 bits per heavy atom. The van der Waals surface area contributed by atoms with E-state index in [0.717, 1.165) is 75.0 Å². The lowest BCUT2D eigenvalue weighted by atomic mass is 9.90. The number of imidazole rings is 1. The van der Waals surface area contributed by atoms with Crippen LogP contribution in [-0.2, 0) is 24.4 Å². The molecule has 0 N–H and O–H groups in total. The van der Waals surface area contributed by atoms with Gasteiger partial charge in [0.2, 0.25) is 5.88 Å². The summed E-state index contributed by atoms with van der Waals surface area (Å²) in [5.41, 5.74) is 4.80. The predicted molar refractivity (Wildman–Crippen MR) is 141 cm³/mol. The van der Waals surface area contributed by atoms with Crippen molar-refractivity contribution in [3.05, 3.63) is 88.9 Å². The molecule has 0 amide bonds. The van der Waals surface area contributed by atoms with Crippen molar-refractivity contribution in [2.45, 2.75) is 57.9 Å². The minimum absolute atomic E-state index is 0.00930. The number of benzene rings is 2. The van der Waals surface area contributed by atoms with Crippen LogP contribution in [0.2, 0.25) is 0 Å². The van der Waals surface area contributed by atoms with Gasteiger partial charge in [-0.3, -0.25) is 4.90 Å². The van der Waals surface area contributed by atoms with Crippen LogP contribution in [0.5, 0.6) is 5.88 Å². The number of rotatable bonds is 8. The average Bonchev–Trinajstić information content (AvgIpc) is 3.22. The molecule has 1 atom stereocenters. The maximum Gasteiger partial charge on any atom is 0.217 e. The van der Waals surface area contributed by atoms with Crippen LogP contribution in [-0.4, -0.2) is 45.2 Å². The summed E-state index contributed by atoms with van der Waals surface area (Å²) in [6.45, 7) is 6.49. The fourth-order valence-electron chi connectivity index (χ4n) is 5.46. The van der Waals surface area contributed by atoms with Crippen LogP contribution in [0, 0.1) is 18.6 Å². The first-order valence-corrected chi connectivity index (χ1v) is 13.3. The summed E-state index contributed by atoms with van der Waals surface area (Å²) in [6.07, 6.45) is 4.99. The minimum Gasteiger partial charge on any atom is -0.472 e. The van der Waals surface area contributed by atoms with E-state index in [1.54, 1.807) is 6.20 Å². The zero-order valence-electron chi connectivity index (χ0n) is 21.6. The summed E-state index contributed by atoms with van der Waals surface area (Å²) in [5.74, 6) is 0.705. The highest BCUT2D eigenvalue weighted by atomic mass is 19.1. The molecule has 0 aliphatic carbocycles. The van der Waals surface area contributed by atoms with Crippen LogP contribution in [0.4, 0.5) is 8.78 Å². The van der Waals surface area contributed by atoms with Crippen LogP contribution in [0.15, 0.2) is 54.7 Å². The molecule has 0 unspecified atom stereocenters. The third-order valence-electron chi connectivity index (χ3n) is 7.73. The molecule has 6 rings (SSSR count). The predicted octanol–water partition coefficient (Wildman–Crippen LogP) is 5.77. The van der Waals surface area contributed by atoms with E-state index in [-0.39, 0.29) is 12.7 Å². The van der Waals surface area contributed by atoms with Gasteiger partial charge in [-0.1, -0.05) is 12.1 Å². The third-order valence-corrected chi connectivity index (χ3v) is 7.73. The number of fused-ring (bicyclic) bond motifs is 1. The summed E-state index contributed by atoms with van der Waals surface area (Å²) in [4.78, 5) is 11.9. The molecule has 0 bridgehead atoms. The molecule has 0 spiro atoms. The monoisotopic (exact) mass is 518 g/mol. The maximum absolute atomic E-state index is 14.1. The zero-order valence-corrected chi connectivity index (χ0v) is 21.6. The SMILES string of the molecule is Cc1ccc2nc(CN3CCC(c4cccnc4OCc4ccc(F)cc4F)CC3)n(C[C@@H]3CCO3)c2c1. The molecule has 0 radical (unpaired) electrons. The lowest BCUT2D eigenvalue weighted by Gasteiger charge is -2.33. The summed E-state index contributed by atoms with van der Waals surface area (Å²) in [6, 6.07) is 13.9. The molecule has 4 heterocycles. The van der Waals surface area contributed by atoms with E-state index in [1.165, 1.54) is 23.2 Å². The Balaban J connectivity index is 1.12. The van der Waals surface area contributed by atoms with Crippen molar-refractivity contribution in [2.24, 2.45) is 0 Å². The molecular weight excluding hydrogens is 486 g/mol. The summed E-state index contributed by atoms with van der Waals surface area (Å²) >= 11 is 0. The molecule has 0 saturated carbocycles. The Morgan fingerprint density at radius 1 is 1.05 bits per heavy atom. The second-order valence-electron chi connectivity index (χ2n) is 10.4. The van der Waals surface area contributed by atoms with Crippen LogP contribution in [0.25, 0.3) is 11.0 Å². The molecule has 2 aliphatic heterocycles. The van der Waals surface area contributed by atoms with E-state index in [2.05, 4.69) is 39.6 Å². The number of likely N-dealkylation sites (tertiary alicyclic amines) is 1. The largest absolute Gasteiger partial charge is 0.472 e. The van der Waals surface area contributed by atoms with E-state index in [1.807, 2.05) is 12.1 Å². The lowest BCUT2D eigenvalue weighted by Crippen LogP contribution is -2.35. The smallest absolute Gasteiger partial charge is 0.217 e. The Labute approximate surface area is 221 Å². The minimum atomic E-state index is -0.610. The fraction of sp³-hybridized carbons (Fsp3) is 0.400. The van der Waals surface area contributed by atoms with Gasteiger partial charge in [0.05, 0.1) is 30.2 Å². The third kappa shape index (κ3) is 5.28. The number of hydrogen-bond donors (Lipinski definition) is 0. The number of aryl methyl sites for hydroxylation is 1. The average molecular weight is 519 g/mol. The topological polar surface area (TPSA) is 52.4 Å². The van der Waals surface area contributed by atoms with E-state index in [0.29, 0.717) is 17.4 Å². The summed E-state index contributed by atoms with van der Waals surface area (Å²) in [7, 11) is 0. The van der Waals surface area contributed by atoms with Crippen molar-refractivity contribution in [3.63, 3.8) is 0 Å². The van der Waals surface area contributed by atoms with Gasteiger partial charge < -0.3 is 14.0 Å². The van der Waals surface area contributed by atoms with Gasteiger partial charge >= 0.3 is 0 Å². The van der Waals surface area contributed by atoms with Gasteiger partial charge in [-0.25, -0.2) is 18.7 Å². The van der Waals surface area contributed by atoms with Crippen molar-refractivity contribution < 1.29 is 18.3 Å². The van der Waals surface area contributed by atoms with Gasteiger partial charge in [-0.05, 0) is 81.1 Å². The van der Waals surface area contributed by atoms with E-state index in [4.69, 9.17) is 14.5 Å². The van der Waals surface area contributed by atoms with Crippen molar-refractivity contribution in [1.82, 2.24) is 19.4 Å². The van der Waals surface area contributed by atoms with Gasteiger partial charge in [-0.15, -0.1) is 0 Å². The van der Waals surface area contributed by atoms with Crippen LogP contribution < -0.4 is 4.74 Å². The molecule has 2 aromatic heterocycles. The second kappa shape index (κ2) is 10.8. The van der Waals surface area contributed by atoms with Crippen LogP contribution in [0.1, 0.15) is 47.7 Å². The molecule has 8 heteroatoms. The Morgan fingerprint density at radius 3 is 2.66 bits per heavy atom. The van der Waals surface area contributed by atoms with Gasteiger partial charge in [0.1, 0.15) is 24.1 Å². The quantitative estimate of drug-likeness (QED) is 0.297. The van der Waals surface area contributed by atoms with Crippen molar-refractivity contribution in [3.8, 4) is 5.88 Å². The van der Waals surface area contributed by atoms with E-state index >= 15 is 0 Å². The molecule has 38 heavy (non-hydrogen) atoms. The van der Waals surface area contributed by atoms with Gasteiger partial charge in [0, 0.05) is 30.0 Å². The number of hydrogen-bond acceptors (Lipinski definition) is 5. The normalized spacial score (nSPS) is 18.6. The number of nitrogens with zero attached hydrogens (tertiary/aromatic N) is 4. The van der Waals surface area contributed by atoms with Crippen molar-refractivity contribution in [2.75, 3.05) is 19.7 Å². The number of pyridine rings is 1. The fourth-order valence-corrected chi connectivity index (χ4v) is 5.46. The Kier molecular flexibility index (Phi) is 7.08. The highest BCUT2D eigenvalue weighted by Crippen LogP contribution is 2.34. The Bertz CT molecular complexity index is 1430. The number of aromatic nitrogens is 3. The van der Waals surface area contributed by atoms with Gasteiger partial charge in [0.25, 0.3) is 0 Å². The van der Waals surface area contributed by atoms with Gasteiger partial charge in [-0.2, -0.15) is 0 Å².